The third kappa shape index (κ3) is 2.63. The van der Waals surface area contributed by atoms with Gasteiger partial charge in [-0.3, -0.25) is 4.98 Å². The van der Waals surface area contributed by atoms with E-state index in [9.17, 15) is 9.90 Å². The number of aliphatic hydroxyl groups excluding tert-OH is 1. The van der Waals surface area contributed by atoms with E-state index < -0.39 is 5.97 Å². The summed E-state index contributed by atoms with van der Waals surface area (Å²) in [5.41, 5.74) is 3.14. The average Bonchev–Trinajstić information content (AvgIpc) is 2.46. The van der Waals surface area contributed by atoms with Gasteiger partial charge in [-0.1, -0.05) is 30.3 Å². The first-order valence-corrected chi connectivity index (χ1v) is 5.92. The predicted octanol–water partition coefficient (Wildman–Crippen LogP) is 2.34. The second-order valence-corrected chi connectivity index (χ2v) is 4.14. The first kappa shape index (κ1) is 13.2. The van der Waals surface area contributed by atoms with Gasteiger partial charge < -0.3 is 9.84 Å². The van der Waals surface area contributed by atoms with E-state index in [0.717, 1.165) is 11.1 Å². The Morgan fingerprint density at radius 1 is 1.32 bits per heavy atom. The van der Waals surface area contributed by atoms with Crippen molar-refractivity contribution in [3.63, 3.8) is 0 Å². The number of pyridine rings is 1. The maximum atomic E-state index is 11.9. The van der Waals surface area contributed by atoms with Crippen molar-refractivity contribution in [2.75, 3.05) is 7.11 Å². The number of benzene rings is 1. The molecule has 98 valence electrons. The number of ether oxygens (including phenoxy) is 1. The summed E-state index contributed by atoms with van der Waals surface area (Å²) in [5.74, 6) is -0.423. The van der Waals surface area contributed by atoms with Crippen LogP contribution >= 0.6 is 0 Å². The lowest BCUT2D eigenvalue weighted by Crippen LogP contribution is -2.09. The number of nitrogens with zero attached hydrogens (tertiary/aromatic N) is 1. The van der Waals surface area contributed by atoms with Crippen molar-refractivity contribution in [3.8, 4) is 11.1 Å². The first-order chi connectivity index (χ1) is 9.17. The van der Waals surface area contributed by atoms with E-state index in [4.69, 9.17) is 4.74 Å². The fraction of sp³-hybridized carbons (Fsp3) is 0.200. The Hall–Kier alpha value is -2.20. The summed E-state index contributed by atoms with van der Waals surface area (Å²) in [5, 5.41) is 9.24. The third-order valence-corrected chi connectivity index (χ3v) is 2.89. The molecule has 0 aliphatic heterocycles. The lowest BCUT2D eigenvalue weighted by molar-refractivity contribution is 0.0600. The molecule has 1 heterocycles. The lowest BCUT2D eigenvalue weighted by Gasteiger charge is -2.12. The highest BCUT2D eigenvalue weighted by atomic mass is 16.5. The second-order valence-electron chi connectivity index (χ2n) is 4.14. The molecular formula is C15H15NO3. The molecule has 4 nitrogen and oxygen atoms in total. The minimum Gasteiger partial charge on any atom is -0.465 e. The van der Waals surface area contributed by atoms with Crippen LogP contribution in [0.25, 0.3) is 11.1 Å². The van der Waals surface area contributed by atoms with Gasteiger partial charge in [0.05, 0.1) is 30.7 Å². The SMILES string of the molecule is COC(=O)c1c(-c2ccccc2)cc(CO)nc1C. The molecule has 1 aromatic carbocycles. The number of hydrogen-bond acceptors (Lipinski definition) is 4. The van der Waals surface area contributed by atoms with E-state index in [-0.39, 0.29) is 6.61 Å². The number of methoxy groups -OCH3 is 1. The monoisotopic (exact) mass is 257 g/mol. The van der Waals surface area contributed by atoms with Crippen LogP contribution in [0.1, 0.15) is 21.7 Å². The van der Waals surface area contributed by atoms with Crippen LogP contribution in [0.2, 0.25) is 0 Å². The van der Waals surface area contributed by atoms with E-state index >= 15 is 0 Å². The maximum absolute atomic E-state index is 11.9. The van der Waals surface area contributed by atoms with Crippen LogP contribution in [-0.2, 0) is 11.3 Å². The Bertz CT molecular complexity index is 594. The van der Waals surface area contributed by atoms with E-state index in [1.54, 1.807) is 13.0 Å². The van der Waals surface area contributed by atoms with Crippen molar-refractivity contribution in [1.29, 1.82) is 0 Å². The number of hydrogen-bond donors (Lipinski definition) is 1. The van der Waals surface area contributed by atoms with Gasteiger partial charge in [-0.2, -0.15) is 0 Å². The maximum Gasteiger partial charge on any atom is 0.340 e. The number of esters is 1. The number of carbonyl (C=O) groups is 1. The summed E-state index contributed by atoms with van der Waals surface area (Å²) >= 11 is 0. The van der Waals surface area contributed by atoms with Gasteiger partial charge in [-0.05, 0) is 24.1 Å². The van der Waals surface area contributed by atoms with E-state index in [0.29, 0.717) is 17.0 Å². The first-order valence-electron chi connectivity index (χ1n) is 5.92. The molecule has 0 saturated carbocycles. The highest BCUT2D eigenvalue weighted by molar-refractivity contribution is 5.98. The van der Waals surface area contributed by atoms with Crippen LogP contribution in [0.4, 0.5) is 0 Å². The van der Waals surface area contributed by atoms with Crippen molar-refractivity contribution >= 4 is 5.97 Å². The highest BCUT2D eigenvalue weighted by Gasteiger charge is 2.18. The largest absolute Gasteiger partial charge is 0.465 e. The smallest absolute Gasteiger partial charge is 0.340 e. The van der Waals surface area contributed by atoms with Crippen molar-refractivity contribution < 1.29 is 14.6 Å². The predicted molar refractivity (Wildman–Crippen MR) is 71.7 cm³/mol. The molecule has 0 bridgehead atoms. The van der Waals surface area contributed by atoms with Crippen LogP contribution in [0.3, 0.4) is 0 Å². The van der Waals surface area contributed by atoms with Crippen LogP contribution in [0.15, 0.2) is 36.4 Å². The van der Waals surface area contributed by atoms with E-state index in [2.05, 4.69) is 4.98 Å². The fourth-order valence-electron chi connectivity index (χ4n) is 2.02. The fourth-order valence-corrected chi connectivity index (χ4v) is 2.02. The number of aliphatic hydroxyl groups is 1. The molecule has 4 heteroatoms. The molecule has 0 spiro atoms. The Morgan fingerprint density at radius 2 is 2.00 bits per heavy atom. The van der Waals surface area contributed by atoms with Crippen molar-refractivity contribution in [1.82, 2.24) is 4.98 Å². The number of rotatable bonds is 3. The molecule has 0 radical (unpaired) electrons. The van der Waals surface area contributed by atoms with Crippen molar-refractivity contribution in [2.24, 2.45) is 0 Å². The zero-order chi connectivity index (χ0) is 13.8. The van der Waals surface area contributed by atoms with Gasteiger partial charge in [0.15, 0.2) is 0 Å². The van der Waals surface area contributed by atoms with Gasteiger partial charge in [-0.15, -0.1) is 0 Å². The van der Waals surface area contributed by atoms with Crippen LogP contribution < -0.4 is 0 Å². The number of aromatic nitrogens is 1. The van der Waals surface area contributed by atoms with E-state index in [1.807, 2.05) is 30.3 Å². The summed E-state index contributed by atoms with van der Waals surface area (Å²) in [6.45, 7) is 1.57. The highest BCUT2D eigenvalue weighted by Crippen LogP contribution is 2.27. The Labute approximate surface area is 111 Å². The molecule has 1 N–H and O–H groups in total. The Morgan fingerprint density at radius 3 is 2.58 bits per heavy atom. The second kappa shape index (κ2) is 5.63. The quantitative estimate of drug-likeness (QED) is 0.857. The normalized spacial score (nSPS) is 10.3. The van der Waals surface area contributed by atoms with E-state index in [1.165, 1.54) is 7.11 Å². The molecule has 0 unspecified atom stereocenters. The molecule has 19 heavy (non-hydrogen) atoms. The number of carbonyl (C=O) groups excluding carboxylic acids is 1. The molecule has 0 amide bonds. The van der Waals surface area contributed by atoms with Gasteiger partial charge in [0.25, 0.3) is 0 Å². The molecule has 0 fully saturated rings. The van der Waals surface area contributed by atoms with Crippen LogP contribution in [0.5, 0.6) is 0 Å². The molecule has 0 aliphatic carbocycles. The van der Waals surface area contributed by atoms with Gasteiger partial charge >= 0.3 is 5.97 Å². The van der Waals surface area contributed by atoms with Crippen LogP contribution in [-0.4, -0.2) is 23.2 Å². The third-order valence-electron chi connectivity index (χ3n) is 2.89. The van der Waals surface area contributed by atoms with Gasteiger partial charge in [0.2, 0.25) is 0 Å². The van der Waals surface area contributed by atoms with Gasteiger partial charge in [0.1, 0.15) is 0 Å². The summed E-state index contributed by atoms with van der Waals surface area (Å²) < 4.78 is 4.81. The van der Waals surface area contributed by atoms with Gasteiger partial charge in [-0.25, -0.2) is 4.79 Å². The molecule has 2 aromatic rings. The summed E-state index contributed by atoms with van der Waals surface area (Å²) in [6.07, 6.45) is 0. The zero-order valence-corrected chi connectivity index (χ0v) is 10.9. The molecular weight excluding hydrogens is 242 g/mol. The zero-order valence-electron chi connectivity index (χ0n) is 10.9. The minimum atomic E-state index is -0.423. The summed E-state index contributed by atoms with van der Waals surface area (Å²) in [7, 11) is 1.34. The number of aryl methyl sites for hydroxylation is 1. The summed E-state index contributed by atoms with van der Waals surface area (Å²) in [4.78, 5) is 16.1. The Kier molecular flexibility index (Phi) is 3.92. The molecule has 2 rings (SSSR count). The lowest BCUT2D eigenvalue weighted by atomic mass is 9.98. The molecule has 0 aliphatic rings. The molecule has 0 saturated heterocycles. The summed E-state index contributed by atoms with van der Waals surface area (Å²) in [6, 6.07) is 11.2. The average molecular weight is 257 g/mol. The Balaban J connectivity index is 2.69. The molecule has 1 aromatic heterocycles. The van der Waals surface area contributed by atoms with Crippen molar-refractivity contribution in [2.45, 2.75) is 13.5 Å². The van der Waals surface area contributed by atoms with Gasteiger partial charge in [0, 0.05) is 0 Å². The topological polar surface area (TPSA) is 59.4 Å². The standard InChI is InChI=1S/C15H15NO3/c1-10-14(15(18)19-2)13(8-12(9-17)16-10)11-6-4-3-5-7-11/h3-8,17H,9H2,1-2H3. The van der Waals surface area contributed by atoms with Crippen molar-refractivity contribution in [3.05, 3.63) is 53.3 Å². The molecule has 0 atom stereocenters. The minimum absolute atomic E-state index is 0.165. The van der Waals surface area contributed by atoms with Crippen LogP contribution in [0, 0.1) is 6.92 Å².